The molecule has 0 fully saturated rings. The highest BCUT2D eigenvalue weighted by Crippen LogP contribution is 2.25. The predicted molar refractivity (Wildman–Crippen MR) is 128 cm³/mol. The summed E-state index contributed by atoms with van der Waals surface area (Å²) in [6, 6.07) is 16.5. The Bertz CT molecular complexity index is 1350. The van der Waals surface area contributed by atoms with Gasteiger partial charge in [0.1, 0.15) is 11.6 Å². The lowest BCUT2D eigenvalue weighted by atomic mass is 10.0. The van der Waals surface area contributed by atoms with Crippen LogP contribution in [0, 0.1) is 13.8 Å². The summed E-state index contributed by atoms with van der Waals surface area (Å²) in [7, 11) is 0. The molecule has 7 nitrogen and oxygen atoms in total. The van der Waals surface area contributed by atoms with Gasteiger partial charge in [-0.05, 0) is 57.0 Å². The van der Waals surface area contributed by atoms with Gasteiger partial charge in [-0.25, -0.2) is 4.98 Å². The molecule has 0 spiro atoms. The van der Waals surface area contributed by atoms with Crippen LogP contribution < -0.4 is 15.6 Å². The van der Waals surface area contributed by atoms with E-state index in [1.807, 2.05) is 61.7 Å². The summed E-state index contributed by atoms with van der Waals surface area (Å²) in [4.78, 5) is 35.9. The highest BCUT2D eigenvalue weighted by Gasteiger charge is 2.33. The number of para-hydroxylation sites is 1. The highest BCUT2D eigenvalue weighted by molar-refractivity contribution is 5.86. The molecule has 2 aromatic carbocycles. The average molecular weight is 445 g/mol. The first-order valence-corrected chi connectivity index (χ1v) is 10.9. The van der Waals surface area contributed by atoms with Gasteiger partial charge in [0.25, 0.3) is 11.5 Å². The summed E-state index contributed by atoms with van der Waals surface area (Å²) in [6.45, 7) is 7.14. The smallest absolute Gasteiger partial charge is 0.264 e. The molecule has 0 radical (unpaired) electrons. The van der Waals surface area contributed by atoms with Crippen LogP contribution >= 0.6 is 0 Å². The number of nitrogens with zero attached hydrogens (tertiary/aromatic N) is 1. The third-order valence-corrected chi connectivity index (χ3v) is 5.55. The maximum Gasteiger partial charge on any atom is 0.264 e. The molecule has 4 aromatic rings. The number of nitrogens with one attached hydrogen (secondary N) is 3. The summed E-state index contributed by atoms with van der Waals surface area (Å²) < 4.78 is 6.03. The molecule has 0 bridgehead atoms. The van der Waals surface area contributed by atoms with Crippen LogP contribution in [-0.4, -0.2) is 26.5 Å². The van der Waals surface area contributed by atoms with Crippen molar-refractivity contribution in [2.45, 2.75) is 45.8 Å². The molecule has 0 aliphatic carbocycles. The second kappa shape index (κ2) is 8.94. The first-order chi connectivity index (χ1) is 15.7. The summed E-state index contributed by atoms with van der Waals surface area (Å²) >= 11 is 0. The maximum absolute atomic E-state index is 13.3. The van der Waals surface area contributed by atoms with Crippen molar-refractivity contribution in [3.63, 3.8) is 0 Å². The minimum atomic E-state index is -1.14. The third kappa shape index (κ3) is 5.14. The number of hydrogen-bond donors (Lipinski definition) is 3. The Balaban J connectivity index is 1.64. The fourth-order valence-corrected chi connectivity index (χ4v) is 3.88. The molecular weight excluding hydrogens is 416 g/mol. The monoisotopic (exact) mass is 444 g/mol. The standard InChI is InChI=1S/C26H28N4O3/c1-16-8-7-9-19(12-16)33-26(3,4)25(32)30-22(23-14-24(31)29-17(2)28-23)13-18-15-27-21-11-6-5-10-20(18)21/h5-12,14-15,22,27H,13H2,1-4H3,(H,30,32)(H,28,29,31)/t22-/m0/s1. The van der Waals surface area contributed by atoms with E-state index in [-0.39, 0.29) is 11.5 Å². The molecule has 0 saturated heterocycles. The Morgan fingerprint density at radius 3 is 2.67 bits per heavy atom. The molecule has 0 aliphatic heterocycles. The predicted octanol–water partition coefficient (Wildman–Crippen LogP) is 4.13. The molecule has 4 rings (SSSR count). The first-order valence-electron chi connectivity index (χ1n) is 10.9. The molecule has 3 N–H and O–H groups in total. The Morgan fingerprint density at radius 2 is 1.91 bits per heavy atom. The Morgan fingerprint density at radius 1 is 1.12 bits per heavy atom. The van der Waals surface area contributed by atoms with Crippen LogP contribution in [-0.2, 0) is 11.2 Å². The van der Waals surface area contributed by atoms with Crippen LogP contribution in [0.3, 0.4) is 0 Å². The van der Waals surface area contributed by atoms with E-state index in [0.29, 0.717) is 23.7 Å². The van der Waals surface area contributed by atoms with Gasteiger partial charge >= 0.3 is 0 Å². The number of aryl methyl sites for hydroxylation is 2. The zero-order chi connectivity index (χ0) is 23.6. The number of amides is 1. The Kier molecular flexibility index (Phi) is 6.05. The zero-order valence-corrected chi connectivity index (χ0v) is 19.2. The summed E-state index contributed by atoms with van der Waals surface area (Å²) in [5, 5.41) is 4.14. The van der Waals surface area contributed by atoms with E-state index in [0.717, 1.165) is 22.0 Å². The van der Waals surface area contributed by atoms with Crippen molar-refractivity contribution < 1.29 is 9.53 Å². The van der Waals surface area contributed by atoms with Gasteiger partial charge in [0.2, 0.25) is 0 Å². The van der Waals surface area contributed by atoms with Gasteiger partial charge in [-0.2, -0.15) is 0 Å². The van der Waals surface area contributed by atoms with E-state index in [4.69, 9.17) is 4.74 Å². The number of fused-ring (bicyclic) bond motifs is 1. The van der Waals surface area contributed by atoms with Crippen LogP contribution in [0.25, 0.3) is 10.9 Å². The summed E-state index contributed by atoms with van der Waals surface area (Å²) in [5.74, 6) is 0.813. The Labute approximate surface area is 192 Å². The van der Waals surface area contributed by atoms with E-state index in [1.54, 1.807) is 20.8 Å². The molecule has 0 aliphatic rings. The largest absolute Gasteiger partial charge is 0.478 e. The molecule has 2 aromatic heterocycles. The molecule has 7 heteroatoms. The highest BCUT2D eigenvalue weighted by atomic mass is 16.5. The number of carbonyl (C=O) groups excluding carboxylic acids is 1. The number of carbonyl (C=O) groups is 1. The second-order valence-corrected chi connectivity index (χ2v) is 8.77. The van der Waals surface area contributed by atoms with E-state index >= 15 is 0 Å². The van der Waals surface area contributed by atoms with Gasteiger partial charge in [0.05, 0.1) is 11.7 Å². The van der Waals surface area contributed by atoms with Crippen LogP contribution in [0.4, 0.5) is 0 Å². The fraction of sp³-hybridized carbons (Fsp3) is 0.269. The second-order valence-electron chi connectivity index (χ2n) is 8.77. The quantitative estimate of drug-likeness (QED) is 0.399. The number of benzene rings is 2. The maximum atomic E-state index is 13.3. The molecule has 0 unspecified atom stereocenters. The minimum absolute atomic E-state index is 0.258. The van der Waals surface area contributed by atoms with Crippen molar-refractivity contribution in [3.8, 4) is 5.75 Å². The summed E-state index contributed by atoms with van der Waals surface area (Å²) in [6.07, 6.45) is 2.39. The third-order valence-electron chi connectivity index (χ3n) is 5.55. The lowest BCUT2D eigenvalue weighted by Gasteiger charge is -2.28. The number of H-pyrrole nitrogens is 2. The number of ether oxygens (including phenoxy) is 1. The van der Waals surface area contributed by atoms with Crippen molar-refractivity contribution in [1.82, 2.24) is 20.3 Å². The number of rotatable bonds is 7. The van der Waals surface area contributed by atoms with E-state index in [1.165, 1.54) is 6.07 Å². The first kappa shape index (κ1) is 22.3. The number of hydrogen-bond acceptors (Lipinski definition) is 4. The molecule has 0 saturated carbocycles. The normalized spacial score (nSPS) is 12.5. The van der Waals surface area contributed by atoms with Gasteiger partial charge < -0.3 is 20.0 Å². The molecule has 170 valence electrons. The van der Waals surface area contributed by atoms with Gasteiger partial charge in [-0.15, -0.1) is 0 Å². The average Bonchev–Trinajstić information content (AvgIpc) is 3.15. The van der Waals surface area contributed by atoms with Crippen LogP contribution in [0.5, 0.6) is 5.75 Å². The Hall–Kier alpha value is -3.87. The topological polar surface area (TPSA) is 99.9 Å². The van der Waals surface area contributed by atoms with E-state index < -0.39 is 11.6 Å². The minimum Gasteiger partial charge on any atom is -0.478 e. The molecular formula is C26H28N4O3. The van der Waals surface area contributed by atoms with Crippen LogP contribution in [0.2, 0.25) is 0 Å². The zero-order valence-electron chi connectivity index (χ0n) is 19.2. The molecule has 2 heterocycles. The fourth-order valence-electron chi connectivity index (χ4n) is 3.88. The van der Waals surface area contributed by atoms with Crippen molar-refractivity contribution in [1.29, 1.82) is 0 Å². The van der Waals surface area contributed by atoms with Gasteiger partial charge in [-0.1, -0.05) is 30.3 Å². The van der Waals surface area contributed by atoms with E-state index in [9.17, 15) is 9.59 Å². The number of aromatic nitrogens is 3. The van der Waals surface area contributed by atoms with Gasteiger partial charge in [-0.3, -0.25) is 9.59 Å². The van der Waals surface area contributed by atoms with Crippen LogP contribution in [0.1, 0.15) is 42.5 Å². The van der Waals surface area contributed by atoms with Crippen molar-refractivity contribution in [2.75, 3.05) is 0 Å². The SMILES string of the molecule is Cc1cccc(OC(C)(C)C(=O)N[C@@H](Cc2c[nH]c3ccccc23)c2cc(=O)[nH]c(C)n2)c1. The lowest BCUT2D eigenvalue weighted by molar-refractivity contribution is -0.135. The van der Waals surface area contributed by atoms with Gasteiger partial charge in [0, 0.05) is 29.6 Å². The summed E-state index contributed by atoms with van der Waals surface area (Å²) in [5.41, 5.74) is 2.18. The van der Waals surface area contributed by atoms with Crippen LogP contribution in [0.15, 0.2) is 65.6 Å². The number of aromatic amines is 2. The van der Waals surface area contributed by atoms with Gasteiger partial charge in [0.15, 0.2) is 5.60 Å². The molecule has 1 atom stereocenters. The van der Waals surface area contributed by atoms with Crippen molar-refractivity contribution >= 4 is 16.8 Å². The molecule has 33 heavy (non-hydrogen) atoms. The van der Waals surface area contributed by atoms with E-state index in [2.05, 4.69) is 20.3 Å². The molecule has 1 amide bonds. The van der Waals surface area contributed by atoms with Crippen molar-refractivity contribution in [2.24, 2.45) is 0 Å². The van der Waals surface area contributed by atoms with Crippen molar-refractivity contribution in [3.05, 3.63) is 93.8 Å². The lowest BCUT2D eigenvalue weighted by Crippen LogP contribution is -2.48.